The fraction of sp³-hybridized carbons (Fsp3) is 0.696. The molecule has 0 radical (unpaired) electrons. The summed E-state index contributed by atoms with van der Waals surface area (Å²) in [5.74, 6) is 1.85. The Morgan fingerprint density at radius 1 is 1.13 bits per heavy atom. The molecule has 1 aromatic carbocycles. The van der Waals surface area contributed by atoms with Crippen LogP contribution in [0.25, 0.3) is 0 Å². The van der Waals surface area contributed by atoms with Crippen LogP contribution in [0.1, 0.15) is 50.5 Å². The Kier molecular flexibility index (Phi) is 7.19. The van der Waals surface area contributed by atoms with Gasteiger partial charge in [-0.25, -0.2) is 8.42 Å². The van der Waals surface area contributed by atoms with Crippen LogP contribution >= 0.6 is 0 Å². The van der Waals surface area contributed by atoms with Crippen LogP contribution in [0.3, 0.4) is 0 Å². The molecule has 1 heterocycles. The van der Waals surface area contributed by atoms with Gasteiger partial charge in [0.05, 0.1) is 26.7 Å². The molecule has 0 aromatic heterocycles. The van der Waals surface area contributed by atoms with Crippen LogP contribution < -0.4 is 10.1 Å². The number of methoxy groups -OCH3 is 1. The van der Waals surface area contributed by atoms with Gasteiger partial charge in [0.2, 0.25) is 15.9 Å². The molecule has 0 unspecified atom stereocenters. The number of sulfonamides is 1. The Morgan fingerprint density at radius 2 is 1.87 bits per heavy atom. The largest absolute Gasteiger partial charge is 0.495 e. The Balaban J connectivity index is 1.42. The van der Waals surface area contributed by atoms with Crippen molar-refractivity contribution in [3.05, 3.63) is 23.8 Å². The molecule has 2 aliphatic carbocycles. The molecule has 1 aliphatic heterocycles. The third kappa shape index (κ3) is 5.23. The summed E-state index contributed by atoms with van der Waals surface area (Å²) in [6.07, 6.45) is 8.80. The smallest absolute Gasteiger partial charge is 0.246 e. The summed E-state index contributed by atoms with van der Waals surface area (Å²) in [4.78, 5) is 12.9. The van der Waals surface area contributed by atoms with E-state index in [9.17, 15) is 13.2 Å². The van der Waals surface area contributed by atoms with E-state index < -0.39 is 10.0 Å². The molecular formula is C23H34N2O5S. The van der Waals surface area contributed by atoms with E-state index in [1.165, 1.54) is 43.5 Å². The predicted octanol–water partition coefficient (Wildman–Crippen LogP) is 2.73. The summed E-state index contributed by atoms with van der Waals surface area (Å²) in [7, 11) is -2.25. The first-order valence-corrected chi connectivity index (χ1v) is 13.0. The SMILES string of the molecule is COc1ccc(CC(=O)N[C@@H]2CC[C@H]3CCCC[C@H]3C2)cc1S(=O)(=O)N1CCOCC1. The number of hydrogen-bond donors (Lipinski definition) is 1. The monoisotopic (exact) mass is 450 g/mol. The van der Waals surface area contributed by atoms with E-state index in [1.54, 1.807) is 18.2 Å². The zero-order chi connectivity index (χ0) is 21.8. The summed E-state index contributed by atoms with van der Waals surface area (Å²) >= 11 is 0. The number of hydrogen-bond acceptors (Lipinski definition) is 5. The highest BCUT2D eigenvalue weighted by molar-refractivity contribution is 7.89. The van der Waals surface area contributed by atoms with Crippen LogP contribution in [-0.4, -0.2) is 58.1 Å². The van der Waals surface area contributed by atoms with Crippen LogP contribution in [0.2, 0.25) is 0 Å². The molecule has 7 nitrogen and oxygen atoms in total. The standard InChI is InChI=1S/C23H34N2O5S/c1-29-21-9-6-17(14-22(21)31(27,28)25-10-12-30-13-11-25)15-23(26)24-20-8-7-18-4-2-3-5-19(18)16-20/h6,9,14,18-20H,2-5,7-8,10-13,15-16H2,1H3,(H,24,26)/t18-,19+,20-/m1/s1. The lowest BCUT2D eigenvalue weighted by Crippen LogP contribution is -2.42. The van der Waals surface area contributed by atoms with Crippen LogP contribution in [0.4, 0.5) is 0 Å². The van der Waals surface area contributed by atoms with Gasteiger partial charge in [-0.3, -0.25) is 4.79 Å². The lowest BCUT2D eigenvalue weighted by atomic mass is 9.69. The van der Waals surface area contributed by atoms with Crippen LogP contribution in [0, 0.1) is 11.8 Å². The number of fused-ring (bicyclic) bond motifs is 1. The van der Waals surface area contributed by atoms with Gasteiger partial charge in [-0.2, -0.15) is 4.31 Å². The van der Waals surface area contributed by atoms with Crippen molar-refractivity contribution in [1.29, 1.82) is 0 Å². The number of nitrogens with zero attached hydrogens (tertiary/aromatic N) is 1. The normalized spacial score (nSPS) is 27.3. The maximum atomic E-state index is 13.1. The third-order valence-electron chi connectivity index (χ3n) is 7.09. The number of carbonyl (C=O) groups excluding carboxylic acids is 1. The Morgan fingerprint density at radius 3 is 2.61 bits per heavy atom. The second kappa shape index (κ2) is 9.88. The number of benzene rings is 1. The minimum absolute atomic E-state index is 0.0425. The summed E-state index contributed by atoms with van der Waals surface area (Å²) in [6, 6.07) is 5.24. The topological polar surface area (TPSA) is 84.9 Å². The molecule has 4 rings (SSSR count). The molecule has 1 saturated heterocycles. The van der Waals surface area contributed by atoms with Crippen molar-refractivity contribution in [3.63, 3.8) is 0 Å². The highest BCUT2D eigenvalue weighted by Gasteiger charge is 2.33. The molecule has 8 heteroatoms. The van der Waals surface area contributed by atoms with Gasteiger partial charge in [-0.05, 0) is 48.8 Å². The minimum Gasteiger partial charge on any atom is -0.495 e. The summed E-state index contributed by atoms with van der Waals surface area (Å²) < 4.78 is 38.3. The van der Waals surface area contributed by atoms with Crippen molar-refractivity contribution >= 4 is 15.9 Å². The van der Waals surface area contributed by atoms with Crippen LogP contribution in [-0.2, 0) is 26.0 Å². The highest BCUT2D eigenvalue weighted by atomic mass is 32.2. The number of morpholine rings is 1. The summed E-state index contributed by atoms with van der Waals surface area (Å²) in [5.41, 5.74) is 0.677. The summed E-state index contributed by atoms with van der Waals surface area (Å²) in [5, 5.41) is 3.20. The van der Waals surface area contributed by atoms with E-state index in [4.69, 9.17) is 9.47 Å². The van der Waals surface area contributed by atoms with Crippen molar-refractivity contribution in [2.45, 2.75) is 62.3 Å². The van der Waals surface area contributed by atoms with Gasteiger partial charge in [0, 0.05) is 19.1 Å². The van der Waals surface area contributed by atoms with E-state index in [2.05, 4.69) is 5.32 Å². The Hall–Kier alpha value is -1.64. The summed E-state index contributed by atoms with van der Waals surface area (Å²) in [6.45, 7) is 1.40. The van der Waals surface area contributed by atoms with Crippen LogP contribution in [0.5, 0.6) is 5.75 Å². The van der Waals surface area contributed by atoms with Crippen LogP contribution in [0.15, 0.2) is 23.1 Å². The second-order valence-electron chi connectivity index (χ2n) is 9.06. The van der Waals surface area contributed by atoms with Crippen molar-refractivity contribution in [2.24, 2.45) is 11.8 Å². The minimum atomic E-state index is -3.71. The van der Waals surface area contributed by atoms with Crippen molar-refractivity contribution in [3.8, 4) is 5.75 Å². The lowest BCUT2D eigenvalue weighted by Gasteiger charge is -2.39. The molecule has 1 aromatic rings. The second-order valence-corrected chi connectivity index (χ2v) is 11.0. The zero-order valence-corrected chi connectivity index (χ0v) is 19.2. The van der Waals surface area contributed by atoms with Gasteiger partial charge in [0.15, 0.2) is 0 Å². The van der Waals surface area contributed by atoms with Gasteiger partial charge >= 0.3 is 0 Å². The first-order valence-electron chi connectivity index (χ1n) is 11.5. The first-order chi connectivity index (χ1) is 15.0. The van der Waals surface area contributed by atoms with E-state index in [1.807, 2.05) is 0 Å². The number of nitrogens with one attached hydrogen (secondary N) is 1. The van der Waals surface area contributed by atoms with Crippen molar-refractivity contribution < 1.29 is 22.7 Å². The molecule has 3 fully saturated rings. The molecule has 3 atom stereocenters. The maximum Gasteiger partial charge on any atom is 0.246 e. The fourth-order valence-corrected chi connectivity index (χ4v) is 7.04. The molecule has 0 spiro atoms. The van der Waals surface area contributed by atoms with E-state index in [0.29, 0.717) is 37.6 Å². The Labute approximate surface area is 185 Å². The average molecular weight is 451 g/mol. The van der Waals surface area contributed by atoms with E-state index in [-0.39, 0.29) is 23.3 Å². The van der Waals surface area contributed by atoms with Gasteiger partial charge in [-0.15, -0.1) is 0 Å². The molecule has 1 N–H and O–H groups in total. The molecule has 172 valence electrons. The van der Waals surface area contributed by atoms with Gasteiger partial charge in [0.25, 0.3) is 0 Å². The number of carbonyl (C=O) groups is 1. The van der Waals surface area contributed by atoms with Crippen molar-refractivity contribution in [1.82, 2.24) is 9.62 Å². The molecule has 0 bridgehead atoms. The number of amides is 1. The quantitative estimate of drug-likeness (QED) is 0.720. The molecule has 3 aliphatic rings. The number of rotatable bonds is 6. The maximum absolute atomic E-state index is 13.1. The highest BCUT2D eigenvalue weighted by Crippen LogP contribution is 2.40. The molecular weight excluding hydrogens is 416 g/mol. The number of ether oxygens (including phenoxy) is 2. The van der Waals surface area contributed by atoms with Gasteiger partial charge in [-0.1, -0.05) is 31.7 Å². The first kappa shape index (κ1) is 22.6. The fourth-order valence-electron chi connectivity index (χ4n) is 5.43. The Bertz CT molecular complexity index is 882. The van der Waals surface area contributed by atoms with Gasteiger partial charge in [0.1, 0.15) is 10.6 Å². The third-order valence-corrected chi connectivity index (χ3v) is 9.01. The molecule has 2 saturated carbocycles. The zero-order valence-electron chi connectivity index (χ0n) is 18.3. The van der Waals surface area contributed by atoms with E-state index in [0.717, 1.165) is 24.7 Å². The molecule has 1 amide bonds. The van der Waals surface area contributed by atoms with E-state index >= 15 is 0 Å². The van der Waals surface area contributed by atoms with Gasteiger partial charge < -0.3 is 14.8 Å². The van der Waals surface area contributed by atoms with Crippen molar-refractivity contribution in [2.75, 3.05) is 33.4 Å². The predicted molar refractivity (Wildman–Crippen MR) is 118 cm³/mol. The molecule has 31 heavy (non-hydrogen) atoms. The lowest BCUT2D eigenvalue weighted by molar-refractivity contribution is -0.121. The average Bonchev–Trinajstić information content (AvgIpc) is 2.79.